The van der Waals surface area contributed by atoms with Gasteiger partial charge in [0.2, 0.25) is 0 Å². The fourth-order valence-corrected chi connectivity index (χ4v) is 2.49. The van der Waals surface area contributed by atoms with Crippen LogP contribution >= 0.6 is 11.6 Å². The number of benzene rings is 1. The molecule has 1 aliphatic heterocycles. The van der Waals surface area contributed by atoms with Crippen molar-refractivity contribution in [1.82, 2.24) is 10.2 Å². The van der Waals surface area contributed by atoms with Crippen molar-refractivity contribution in [3.8, 4) is 0 Å². The summed E-state index contributed by atoms with van der Waals surface area (Å²) in [7, 11) is 2.01. The van der Waals surface area contributed by atoms with E-state index in [0.29, 0.717) is 0 Å². The van der Waals surface area contributed by atoms with Crippen LogP contribution in [0.25, 0.3) is 0 Å². The Morgan fingerprint density at radius 2 is 1.78 bits per heavy atom. The lowest BCUT2D eigenvalue weighted by Gasteiger charge is -2.36. The van der Waals surface area contributed by atoms with Crippen LogP contribution in [-0.4, -0.2) is 51.2 Å². The molecule has 1 saturated heterocycles. The van der Waals surface area contributed by atoms with E-state index in [1.807, 2.05) is 19.2 Å². The van der Waals surface area contributed by atoms with Crippen LogP contribution in [0.5, 0.6) is 0 Å². The molecule has 1 aromatic rings. The zero-order valence-electron chi connectivity index (χ0n) is 11.0. The van der Waals surface area contributed by atoms with Gasteiger partial charge in [0.25, 0.3) is 0 Å². The Bertz CT molecular complexity index is 345. The van der Waals surface area contributed by atoms with Crippen molar-refractivity contribution in [2.45, 2.75) is 6.42 Å². The number of rotatable bonds is 5. The van der Waals surface area contributed by atoms with Gasteiger partial charge in [0.1, 0.15) is 0 Å². The summed E-state index contributed by atoms with van der Waals surface area (Å²) in [5.74, 6) is 0. The maximum absolute atomic E-state index is 5.91. The lowest BCUT2D eigenvalue weighted by atomic mass is 10.2. The van der Waals surface area contributed by atoms with Crippen LogP contribution in [-0.2, 0) is 0 Å². The molecule has 0 spiro atoms. The van der Waals surface area contributed by atoms with E-state index >= 15 is 0 Å². The van der Waals surface area contributed by atoms with E-state index in [9.17, 15) is 0 Å². The van der Waals surface area contributed by atoms with Gasteiger partial charge in [-0.1, -0.05) is 11.6 Å². The quantitative estimate of drug-likeness (QED) is 0.824. The molecule has 3 nitrogen and oxygen atoms in total. The highest BCUT2D eigenvalue weighted by Gasteiger charge is 2.16. The number of halogens is 1. The highest BCUT2D eigenvalue weighted by Crippen LogP contribution is 2.19. The Balaban J connectivity index is 1.77. The van der Waals surface area contributed by atoms with E-state index in [1.165, 1.54) is 18.7 Å². The molecule has 0 unspecified atom stereocenters. The number of nitrogens with one attached hydrogen (secondary N) is 1. The van der Waals surface area contributed by atoms with Gasteiger partial charge in [-0.15, -0.1) is 0 Å². The molecule has 100 valence electrons. The minimum Gasteiger partial charge on any atom is -0.369 e. The summed E-state index contributed by atoms with van der Waals surface area (Å²) in [6, 6.07) is 8.16. The van der Waals surface area contributed by atoms with Gasteiger partial charge in [-0.3, -0.25) is 4.90 Å². The predicted octanol–water partition coefficient (Wildman–Crippen LogP) is 2.07. The van der Waals surface area contributed by atoms with Crippen molar-refractivity contribution in [2.24, 2.45) is 0 Å². The van der Waals surface area contributed by atoms with E-state index in [4.69, 9.17) is 11.6 Å². The maximum Gasteiger partial charge on any atom is 0.0407 e. The third-order valence-corrected chi connectivity index (χ3v) is 3.72. The Morgan fingerprint density at radius 1 is 1.11 bits per heavy atom. The molecule has 0 bridgehead atoms. The fraction of sp³-hybridized carbons (Fsp3) is 0.571. The van der Waals surface area contributed by atoms with Crippen LogP contribution in [0.2, 0.25) is 5.02 Å². The lowest BCUT2D eigenvalue weighted by molar-refractivity contribution is 0.254. The number of nitrogens with zero attached hydrogens (tertiary/aromatic N) is 2. The van der Waals surface area contributed by atoms with Crippen molar-refractivity contribution in [3.63, 3.8) is 0 Å². The third kappa shape index (κ3) is 3.87. The SMILES string of the molecule is CNCCCN1CCN(c2ccc(Cl)cc2)CC1. The Hall–Kier alpha value is -0.770. The summed E-state index contributed by atoms with van der Waals surface area (Å²) >= 11 is 5.91. The summed E-state index contributed by atoms with van der Waals surface area (Å²) in [5.41, 5.74) is 1.29. The fourth-order valence-electron chi connectivity index (χ4n) is 2.36. The number of anilines is 1. The molecule has 0 atom stereocenters. The third-order valence-electron chi connectivity index (χ3n) is 3.47. The summed E-state index contributed by atoms with van der Waals surface area (Å²) in [6.07, 6.45) is 1.23. The number of hydrogen-bond donors (Lipinski definition) is 1. The Morgan fingerprint density at radius 3 is 2.39 bits per heavy atom. The first-order valence-electron chi connectivity index (χ1n) is 6.67. The van der Waals surface area contributed by atoms with Crippen LogP contribution < -0.4 is 10.2 Å². The minimum absolute atomic E-state index is 0.810. The van der Waals surface area contributed by atoms with Crippen LogP contribution in [0.3, 0.4) is 0 Å². The van der Waals surface area contributed by atoms with Gasteiger partial charge in [-0.2, -0.15) is 0 Å². The Labute approximate surface area is 115 Å². The number of hydrogen-bond acceptors (Lipinski definition) is 3. The van der Waals surface area contributed by atoms with Crippen LogP contribution in [0.4, 0.5) is 5.69 Å². The smallest absolute Gasteiger partial charge is 0.0407 e. The summed E-state index contributed by atoms with van der Waals surface area (Å²) in [4.78, 5) is 4.98. The van der Waals surface area contributed by atoms with Crippen LogP contribution in [0, 0.1) is 0 Å². The van der Waals surface area contributed by atoms with Gasteiger partial charge in [0.05, 0.1) is 0 Å². The van der Waals surface area contributed by atoms with E-state index in [-0.39, 0.29) is 0 Å². The Kier molecular flexibility index (Phi) is 5.29. The molecule has 0 radical (unpaired) electrons. The molecular weight excluding hydrogens is 246 g/mol. The summed E-state index contributed by atoms with van der Waals surface area (Å²) < 4.78 is 0. The van der Waals surface area contributed by atoms with E-state index in [0.717, 1.165) is 37.7 Å². The average molecular weight is 268 g/mol. The molecule has 0 aliphatic carbocycles. The summed E-state index contributed by atoms with van der Waals surface area (Å²) in [6.45, 7) is 6.85. The van der Waals surface area contributed by atoms with Gasteiger partial charge in [-0.25, -0.2) is 0 Å². The highest BCUT2D eigenvalue weighted by atomic mass is 35.5. The molecule has 1 aromatic carbocycles. The van der Waals surface area contributed by atoms with Crippen molar-refractivity contribution in [2.75, 3.05) is 51.2 Å². The molecule has 18 heavy (non-hydrogen) atoms. The van der Waals surface area contributed by atoms with Crippen molar-refractivity contribution in [3.05, 3.63) is 29.3 Å². The summed E-state index contributed by atoms with van der Waals surface area (Å²) in [5, 5.41) is 4.01. The standard InChI is InChI=1S/C14H22ClN3/c1-16-7-2-8-17-9-11-18(12-10-17)14-5-3-13(15)4-6-14/h3-6,16H,2,7-12H2,1H3. The minimum atomic E-state index is 0.810. The molecule has 0 aromatic heterocycles. The van der Waals surface area contributed by atoms with Gasteiger partial charge >= 0.3 is 0 Å². The van der Waals surface area contributed by atoms with E-state index < -0.39 is 0 Å². The van der Waals surface area contributed by atoms with Gasteiger partial charge in [0.15, 0.2) is 0 Å². The molecule has 1 heterocycles. The monoisotopic (exact) mass is 267 g/mol. The van der Waals surface area contributed by atoms with Crippen molar-refractivity contribution in [1.29, 1.82) is 0 Å². The molecule has 2 rings (SSSR count). The van der Waals surface area contributed by atoms with Crippen LogP contribution in [0.1, 0.15) is 6.42 Å². The molecule has 0 saturated carbocycles. The lowest BCUT2D eigenvalue weighted by Crippen LogP contribution is -2.46. The second kappa shape index (κ2) is 6.98. The normalized spacial score (nSPS) is 17.1. The second-order valence-electron chi connectivity index (χ2n) is 4.76. The van der Waals surface area contributed by atoms with Crippen molar-refractivity contribution >= 4 is 17.3 Å². The molecule has 1 aliphatic rings. The zero-order chi connectivity index (χ0) is 12.8. The topological polar surface area (TPSA) is 18.5 Å². The first-order valence-corrected chi connectivity index (χ1v) is 7.05. The van der Waals surface area contributed by atoms with Gasteiger partial charge in [-0.05, 0) is 50.8 Å². The maximum atomic E-state index is 5.91. The van der Waals surface area contributed by atoms with Crippen molar-refractivity contribution < 1.29 is 0 Å². The second-order valence-corrected chi connectivity index (χ2v) is 5.20. The highest BCUT2D eigenvalue weighted by molar-refractivity contribution is 6.30. The van der Waals surface area contributed by atoms with Gasteiger partial charge < -0.3 is 10.2 Å². The number of piperazine rings is 1. The van der Waals surface area contributed by atoms with E-state index in [1.54, 1.807) is 0 Å². The molecule has 0 amide bonds. The predicted molar refractivity (Wildman–Crippen MR) is 78.6 cm³/mol. The van der Waals surface area contributed by atoms with E-state index in [2.05, 4.69) is 27.2 Å². The molecular formula is C14H22ClN3. The average Bonchev–Trinajstić information content (AvgIpc) is 2.41. The molecule has 1 N–H and O–H groups in total. The van der Waals surface area contributed by atoms with Gasteiger partial charge in [0, 0.05) is 36.9 Å². The van der Waals surface area contributed by atoms with Crippen LogP contribution in [0.15, 0.2) is 24.3 Å². The first-order chi connectivity index (χ1) is 8.79. The first kappa shape index (κ1) is 13.7. The largest absolute Gasteiger partial charge is 0.369 e. The molecule has 1 fully saturated rings. The molecule has 4 heteroatoms. The zero-order valence-corrected chi connectivity index (χ0v) is 11.8.